The molecule has 0 spiro atoms. The Balaban J connectivity index is 3.54. The van der Waals surface area contributed by atoms with Crippen molar-refractivity contribution in [3.63, 3.8) is 0 Å². The van der Waals surface area contributed by atoms with Crippen molar-refractivity contribution in [2.75, 3.05) is 19.7 Å². The molecule has 0 amide bonds. The molecule has 0 radical (unpaired) electrons. The van der Waals surface area contributed by atoms with Crippen LogP contribution in [0, 0.1) is 0 Å². The van der Waals surface area contributed by atoms with Gasteiger partial charge in [-0.05, 0) is 19.4 Å². The number of aliphatic hydroxyl groups excluding tert-OH is 1. The van der Waals surface area contributed by atoms with Crippen LogP contribution in [-0.4, -0.2) is 24.8 Å². The molecule has 0 aromatic rings. The summed E-state index contributed by atoms with van der Waals surface area (Å²) in [4.78, 5) is 0. The fraction of sp³-hybridized carbons (Fsp3) is 0.556. The predicted molar refractivity (Wildman–Crippen MR) is 48.5 cm³/mol. The summed E-state index contributed by atoms with van der Waals surface area (Å²) in [6, 6.07) is 0. The quantitative estimate of drug-likeness (QED) is 0.460. The van der Waals surface area contributed by atoms with E-state index in [1.807, 2.05) is 19.9 Å². The number of aliphatic hydroxyl groups is 1. The summed E-state index contributed by atoms with van der Waals surface area (Å²) in [6.07, 6.45) is 6.13. The van der Waals surface area contributed by atoms with E-state index >= 15 is 0 Å². The molecule has 0 aliphatic rings. The lowest BCUT2D eigenvalue weighted by Gasteiger charge is -2.01. The van der Waals surface area contributed by atoms with Crippen molar-refractivity contribution in [1.82, 2.24) is 5.32 Å². The molecule has 0 bridgehead atoms. The molecule has 2 N–H and O–H groups in total. The average molecular weight is 155 g/mol. The topological polar surface area (TPSA) is 32.3 Å². The van der Waals surface area contributed by atoms with Gasteiger partial charge in [0.2, 0.25) is 0 Å². The zero-order chi connectivity index (χ0) is 8.53. The maximum Gasteiger partial charge on any atom is 0.0556 e. The van der Waals surface area contributed by atoms with Crippen LogP contribution in [0.2, 0.25) is 0 Å². The van der Waals surface area contributed by atoms with Crippen LogP contribution in [-0.2, 0) is 0 Å². The molecular formula is C9H17NO. The van der Waals surface area contributed by atoms with Gasteiger partial charge in [0, 0.05) is 13.1 Å². The second-order valence-corrected chi connectivity index (χ2v) is 2.26. The molecule has 0 aromatic heterocycles. The molecule has 0 aliphatic carbocycles. The summed E-state index contributed by atoms with van der Waals surface area (Å²) >= 11 is 0. The minimum atomic E-state index is 0.201. The molecule has 0 atom stereocenters. The Labute approximate surface area is 68.6 Å². The van der Waals surface area contributed by atoms with E-state index in [9.17, 15) is 0 Å². The van der Waals surface area contributed by atoms with E-state index in [4.69, 9.17) is 5.11 Å². The molecular weight excluding hydrogens is 138 g/mol. The Bertz CT molecular complexity index is 138. The zero-order valence-electron chi connectivity index (χ0n) is 7.30. The van der Waals surface area contributed by atoms with Crippen LogP contribution < -0.4 is 5.32 Å². The molecule has 0 saturated heterocycles. The fourth-order valence-corrected chi connectivity index (χ4v) is 0.783. The first-order valence-corrected chi connectivity index (χ1v) is 3.94. The first kappa shape index (κ1) is 10.4. The maximum absolute atomic E-state index is 8.48. The average Bonchev–Trinajstić information content (AvgIpc) is 2.03. The van der Waals surface area contributed by atoms with Gasteiger partial charge in [0.05, 0.1) is 6.61 Å². The standard InChI is InChI=1S/C9H17NO/c1-3-5-9(4-2)8-10-6-7-11/h3-5,10-11H,6-8H2,1-2H3. The van der Waals surface area contributed by atoms with Gasteiger partial charge in [-0.3, -0.25) is 0 Å². The minimum absolute atomic E-state index is 0.201. The van der Waals surface area contributed by atoms with Crippen LogP contribution in [0.3, 0.4) is 0 Å². The molecule has 0 fully saturated rings. The summed E-state index contributed by atoms with van der Waals surface area (Å²) in [7, 11) is 0. The Morgan fingerprint density at radius 2 is 2.18 bits per heavy atom. The Morgan fingerprint density at radius 3 is 2.64 bits per heavy atom. The van der Waals surface area contributed by atoms with Gasteiger partial charge in [-0.2, -0.15) is 0 Å². The molecule has 0 aromatic carbocycles. The second kappa shape index (κ2) is 7.51. The minimum Gasteiger partial charge on any atom is -0.395 e. The Hall–Kier alpha value is -0.600. The van der Waals surface area contributed by atoms with Crippen molar-refractivity contribution in [2.45, 2.75) is 13.8 Å². The van der Waals surface area contributed by atoms with E-state index < -0.39 is 0 Å². The van der Waals surface area contributed by atoms with Crippen LogP contribution in [0.25, 0.3) is 0 Å². The highest BCUT2D eigenvalue weighted by atomic mass is 16.3. The zero-order valence-corrected chi connectivity index (χ0v) is 7.30. The molecule has 11 heavy (non-hydrogen) atoms. The van der Waals surface area contributed by atoms with Crippen molar-refractivity contribution in [3.05, 3.63) is 23.8 Å². The smallest absolute Gasteiger partial charge is 0.0556 e. The van der Waals surface area contributed by atoms with Gasteiger partial charge >= 0.3 is 0 Å². The van der Waals surface area contributed by atoms with Crippen LogP contribution in [0.5, 0.6) is 0 Å². The lowest BCUT2D eigenvalue weighted by molar-refractivity contribution is 0.294. The van der Waals surface area contributed by atoms with E-state index in [0.717, 1.165) is 6.54 Å². The predicted octanol–water partition coefficient (Wildman–Crippen LogP) is 1.09. The van der Waals surface area contributed by atoms with E-state index in [2.05, 4.69) is 17.5 Å². The summed E-state index contributed by atoms with van der Waals surface area (Å²) in [5.74, 6) is 0. The van der Waals surface area contributed by atoms with E-state index in [1.54, 1.807) is 0 Å². The normalized spacial score (nSPS) is 12.8. The summed E-state index contributed by atoms with van der Waals surface area (Å²) in [6.45, 7) is 5.70. The fourth-order valence-electron chi connectivity index (χ4n) is 0.783. The summed E-state index contributed by atoms with van der Waals surface area (Å²) < 4.78 is 0. The molecule has 0 aliphatic heterocycles. The highest BCUT2D eigenvalue weighted by Gasteiger charge is 1.88. The number of hydrogen-bond donors (Lipinski definition) is 2. The Morgan fingerprint density at radius 1 is 1.45 bits per heavy atom. The molecule has 0 heterocycles. The van der Waals surface area contributed by atoms with Crippen LogP contribution >= 0.6 is 0 Å². The van der Waals surface area contributed by atoms with E-state index in [1.165, 1.54) is 5.57 Å². The van der Waals surface area contributed by atoms with Crippen molar-refractivity contribution in [1.29, 1.82) is 0 Å². The van der Waals surface area contributed by atoms with Gasteiger partial charge in [0.1, 0.15) is 0 Å². The lowest BCUT2D eigenvalue weighted by Crippen LogP contribution is -2.20. The highest BCUT2D eigenvalue weighted by Crippen LogP contribution is 1.93. The van der Waals surface area contributed by atoms with Gasteiger partial charge in [0.25, 0.3) is 0 Å². The number of allylic oxidation sites excluding steroid dienone is 2. The molecule has 2 heteroatoms. The van der Waals surface area contributed by atoms with Crippen LogP contribution in [0.15, 0.2) is 23.8 Å². The van der Waals surface area contributed by atoms with Crippen molar-refractivity contribution in [3.8, 4) is 0 Å². The summed E-state index contributed by atoms with van der Waals surface area (Å²) in [5, 5.41) is 11.6. The third kappa shape index (κ3) is 5.83. The molecule has 2 nitrogen and oxygen atoms in total. The first-order valence-electron chi connectivity index (χ1n) is 3.94. The lowest BCUT2D eigenvalue weighted by atomic mass is 10.2. The Kier molecular flexibility index (Phi) is 7.10. The van der Waals surface area contributed by atoms with E-state index in [-0.39, 0.29) is 6.61 Å². The highest BCUT2D eigenvalue weighted by molar-refractivity contribution is 5.18. The van der Waals surface area contributed by atoms with Gasteiger partial charge in [-0.25, -0.2) is 0 Å². The van der Waals surface area contributed by atoms with Gasteiger partial charge in [-0.1, -0.05) is 18.2 Å². The first-order chi connectivity index (χ1) is 5.35. The molecule has 0 unspecified atom stereocenters. The number of nitrogens with one attached hydrogen (secondary N) is 1. The number of rotatable bonds is 5. The van der Waals surface area contributed by atoms with Gasteiger partial charge in [0.15, 0.2) is 0 Å². The van der Waals surface area contributed by atoms with Gasteiger partial charge in [-0.15, -0.1) is 0 Å². The SMILES string of the molecule is CC=CC(=CC)CNCCO. The number of hydrogen-bond acceptors (Lipinski definition) is 2. The van der Waals surface area contributed by atoms with Gasteiger partial charge < -0.3 is 10.4 Å². The van der Waals surface area contributed by atoms with Crippen molar-refractivity contribution in [2.24, 2.45) is 0 Å². The summed E-state index contributed by atoms with van der Waals surface area (Å²) in [5.41, 5.74) is 1.25. The van der Waals surface area contributed by atoms with Crippen LogP contribution in [0.1, 0.15) is 13.8 Å². The third-order valence-electron chi connectivity index (χ3n) is 1.37. The molecule has 0 saturated carbocycles. The second-order valence-electron chi connectivity index (χ2n) is 2.26. The van der Waals surface area contributed by atoms with Crippen LogP contribution in [0.4, 0.5) is 0 Å². The van der Waals surface area contributed by atoms with Crippen molar-refractivity contribution >= 4 is 0 Å². The molecule has 64 valence electrons. The third-order valence-corrected chi connectivity index (χ3v) is 1.37. The monoisotopic (exact) mass is 155 g/mol. The largest absolute Gasteiger partial charge is 0.395 e. The maximum atomic E-state index is 8.48. The van der Waals surface area contributed by atoms with E-state index in [0.29, 0.717) is 6.54 Å². The molecule has 0 rings (SSSR count). The van der Waals surface area contributed by atoms with Crippen molar-refractivity contribution < 1.29 is 5.11 Å².